The van der Waals surface area contributed by atoms with E-state index in [9.17, 15) is 0 Å². The number of hydrogen-bond donors (Lipinski definition) is 1. The Hall–Kier alpha value is -1.88. The van der Waals surface area contributed by atoms with Crippen LogP contribution in [0.4, 0.5) is 0 Å². The molecule has 96 valence electrons. The third-order valence-corrected chi connectivity index (χ3v) is 1.82. The molecule has 0 bridgehead atoms. The first-order valence-electron chi connectivity index (χ1n) is 4.87. The van der Waals surface area contributed by atoms with E-state index in [1.165, 1.54) is 0 Å². The fraction of sp³-hybridized carbons (Fsp3) is 0.333. The largest absolute Gasteiger partial charge is 0.543 e. The van der Waals surface area contributed by atoms with Gasteiger partial charge in [0.05, 0.1) is 11.9 Å². The summed E-state index contributed by atoms with van der Waals surface area (Å²) in [5.41, 5.74) is 5.81. The second-order valence-corrected chi connectivity index (χ2v) is 3.42. The van der Waals surface area contributed by atoms with Gasteiger partial charge in [0.2, 0.25) is 0 Å². The Bertz CT molecular complexity index is 258. The highest BCUT2D eigenvalue weighted by molar-refractivity contribution is 6.25. The molecule has 0 aromatic heterocycles. The molecule has 0 fully saturated rings. The first-order chi connectivity index (χ1) is 7.82. The van der Waals surface area contributed by atoms with Crippen LogP contribution >= 0.6 is 0 Å². The van der Waals surface area contributed by atoms with Crippen molar-refractivity contribution in [2.45, 2.75) is 24.8 Å². The number of carbonyl (C=O) groups is 2. The lowest BCUT2D eigenvalue weighted by atomic mass is 9.89. The average Bonchev–Trinajstić information content (AvgIpc) is 2.19. The molecule has 0 aliphatic carbocycles. The van der Waals surface area contributed by atoms with Crippen molar-refractivity contribution in [2.24, 2.45) is 5.73 Å². The van der Waals surface area contributed by atoms with Crippen LogP contribution < -0.4 is 15.9 Å². The van der Waals surface area contributed by atoms with Gasteiger partial charge in [-0.2, -0.15) is 0 Å². The summed E-state index contributed by atoms with van der Waals surface area (Å²) in [4.78, 5) is 17.9. The summed E-state index contributed by atoms with van der Waals surface area (Å²) in [5, 5.41) is 17.9. The van der Waals surface area contributed by atoms with Crippen molar-refractivity contribution in [3.05, 3.63) is 38.0 Å². The van der Waals surface area contributed by atoms with Crippen molar-refractivity contribution >= 4 is 11.9 Å². The number of carboxylic acids is 2. The van der Waals surface area contributed by atoms with Gasteiger partial charge in [-0.3, -0.25) is 0 Å². The van der Waals surface area contributed by atoms with Crippen molar-refractivity contribution in [2.75, 3.05) is 0 Å². The van der Waals surface area contributed by atoms with Gasteiger partial charge in [-0.1, -0.05) is 18.2 Å². The molecule has 0 radical (unpaired) electrons. The lowest BCUT2D eigenvalue weighted by molar-refractivity contribution is -0.345. The fourth-order valence-corrected chi connectivity index (χ4v) is 1.11. The SMILES string of the molecule is C=CCC(N)(CC=C)CC=C.O=C([O-])C(=O)[O-]. The number of nitrogens with two attached hydrogens (primary N) is 1. The third-order valence-electron chi connectivity index (χ3n) is 1.82. The van der Waals surface area contributed by atoms with Crippen LogP contribution in [-0.2, 0) is 9.59 Å². The highest BCUT2D eigenvalue weighted by Crippen LogP contribution is 2.17. The molecule has 0 aliphatic rings. The fourth-order valence-electron chi connectivity index (χ4n) is 1.11. The van der Waals surface area contributed by atoms with E-state index in [4.69, 9.17) is 25.5 Å². The van der Waals surface area contributed by atoms with Crippen LogP contribution in [0.25, 0.3) is 0 Å². The molecule has 2 N–H and O–H groups in total. The monoisotopic (exact) mass is 239 g/mol. The Morgan fingerprint density at radius 1 is 0.941 bits per heavy atom. The van der Waals surface area contributed by atoms with Gasteiger partial charge >= 0.3 is 0 Å². The van der Waals surface area contributed by atoms with E-state index in [-0.39, 0.29) is 5.54 Å². The van der Waals surface area contributed by atoms with Gasteiger partial charge in [-0.15, -0.1) is 19.7 Å². The second kappa shape index (κ2) is 9.35. The smallest absolute Gasteiger partial charge is 0.0870 e. The molecule has 0 rings (SSSR count). The minimum atomic E-state index is -2.19. The zero-order valence-corrected chi connectivity index (χ0v) is 9.69. The van der Waals surface area contributed by atoms with Crippen LogP contribution in [0, 0.1) is 0 Å². The number of carboxylic acid groups (broad SMARTS) is 2. The summed E-state index contributed by atoms with van der Waals surface area (Å²) in [7, 11) is 0. The van der Waals surface area contributed by atoms with Crippen molar-refractivity contribution in [3.63, 3.8) is 0 Å². The number of rotatable bonds is 6. The number of hydrogen-bond acceptors (Lipinski definition) is 5. The Morgan fingerprint density at radius 3 is 1.29 bits per heavy atom. The molecule has 0 aromatic rings. The summed E-state index contributed by atoms with van der Waals surface area (Å²) in [5.74, 6) is -4.37. The van der Waals surface area contributed by atoms with Gasteiger partial charge in [0.15, 0.2) is 0 Å². The molecule has 0 heterocycles. The van der Waals surface area contributed by atoms with Crippen LogP contribution in [0.1, 0.15) is 19.3 Å². The Labute approximate surface area is 101 Å². The lowest BCUT2D eigenvalue weighted by Crippen LogP contribution is -2.42. The molecule has 0 aromatic carbocycles. The van der Waals surface area contributed by atoms with Crippen molar-refractivity contribution in [1.29, 1.82) is 0 Å². The summed E-state index contributed by atoms with van der Waals surface area (Å²) < 4.78 is 0. The maximum absolute atomic E-state index is 8.93. The minimum Gasteiger partial charge on any atom is -0.543 e. The molecule has 0 amide bonds. The molecule has 17 heavy (non-hydrogen) atoms. The zero-order valence-electron chi connectivity index (χ0n) is 9.69. The first-order valence-corrected chi connectivity index (χ1v) is 4.87. The minimum absolute atomic E-state index is 0.203. The summed E-state index contributed by atoms with van der Waals surface area (Å²) in [6.45, 7) is 11.0. The number of aliphatic carboxylic acids is 2. The van der Waals surface area contributed by atoms with Crippen molar-refractivity contribution < 1.29 is 19.8 Å². The van der Waals surface area contributed by atoms with E-state index >= 15 is 0 Å². The Balaban J connectivity index is 0. The molecule has 0 saturated carbocycles. The quantitative estimate of drug-likeness (QED) is 0.467. The van der Waals surface area contributed by atoms with Crippen molar-refractivity contribution in [1.82, 2.24) is 0 Å². The average molecular weight is 239 g/mol. The Morgan fingerprint density at radius 2 is 1.18 bits per heavy atom. The molecule has 0 atom stereocenters. The standard InChI is InChI=1S/C10H17N.C2H2O4/c1-4-7-10(11,8-5-2)9-6-3;3-1(4)2(5)6/h4-6H,1-3,7-9,11H2;(H,3,4)(H,5,6)/p-2. The molecule has 5 nitrogen and oxygen atoms in total. The third kappa shape index (κ3) is 10.4. The van der Waals surface area contributed by atoms with Crippen LogP contribution in [0.5, 0.6) is 0 Å². The van der Waals surface area contributed by atoms with E-state index < -0.39 is 11.9 Å². The highest BCUT2D eigenvalue weighted by atomic mass is 16.4. The normalized spacial score (nSPS) is 9.47. The highest BCUT2D eigenvalue weighted by Gasteiger charge is 2.18. The van der Waals surface area contributed by atoms with Crippen LogP contribution in [-0.4, -0.2) is 17.5 Å². The topological polar surface area (TPSA) is 106 Å². The summed E-state index contributed by atoms with van der Waals surface area (Å²) >= 11 is 0. The van der Waals surface area contributed by atoms with E-state index in [0.29, 0.717) is 0 Å². The van der Waals surface area contributed by atoms with Crippen molar-refractivity contribution in [3.8, 4) is 0 Å². The first kappa shape index (κ1) is 17.5. The summed E-state index contributed by atoms with van der Waals surface area (Å²) in [6, 6.07) is 0. The molecule has 0 saturated heterocycles. The van der Waals surface area contributed by atoms with E-state index in [0.717, 1.165) is 19.3 Å². The lowest BCUT2D eigenvalue weighted by Gasteiger charge is -2.25. The van der Waals surface area contributed by atoms with E-state index in [2.05, 4.69) is 19.7 Å². The molecule has 0 aliphatic heterocycles. The molecule has 0 unspecified atom stereocenters. The molecular formula is C12H17NO4-2. The van der Waals surface area contributed by atoms with Crippen LogP contribution in [0.15, 0.2) is 38.0 Å². The van der Waals surface area contributed by atoms with Crippen LogP contribution in [0.3, 0.4) is 0 Å². The summed E-state index contributed by atoms with van der Waals surface area (Å²) in [6.07, 6.45) is 7.95. The van der Waals surface area contributed by atoms with Gasteiger partial charge in [-0.25, -0.2) is 0 Å². The van der Waals surface area contributed by atoms with Gasteiger partial charge in [0.25, 0.3) is 0 Å². The Kier molecular flexibility index (Phi) is 9.64. The van der Waals surface area contributed by atoms with Gasteiger partial charge in [0.1, 0.15) is 0 Å². The van der Waals surface area contributed by atoms with Gasteiger partial charge < -0.3 is 25.5 Å². The van der Waals surface area contributed by atoms with E-state index in [1.54, 1.807) is 0 Å². The molecule has 5 heteroatoms. The zero-order chi connectivity index (χ0) is 13.9. The van der Waals surface area contributed by atoms with Crippen LogP contribution in [0.2, 0.25) is 0 Å². The molecule has 0 spiro atoms. The van der Waals surface area contributed by atoms with E-state index in [1.807, 2.05) is 18.2 Å². The molecular weight excluding hydrogens is 222 g/mol. The maximum atomic E-state index is 8.93. The second-order valence-electron chi connectivity index (χ2n) is 3.42. The maximum Gasteiger partial charge on any atom is 0.0870 e. The number of carbonyl (C=O) groups excluding carboxylic acids is 2. The predicted molar refractivity (Wildman–Crippen MR) is 61.4 cm³/mol. The van der Waals surface area contributed by atoms with Gasteiger partial charge in [0, 0.05) is 5.54 Å². The van der Waals surface area contributed by atoms with Gasteiger partial charge in [-0.05, 0) is 19.3 Å². The predicted octanol–water partition coefficient (Wildman–Crippen LogP) is -1.10.